The van der Waals surface area contributed by atoms with Gasteiger partial charge < -0.3 is 14.3 Å². The Balaban J connectivity index is 2.19. The lowest BCUT2D eigenvalue weighted by Gasteiger charge is -2.10. The average molecular weight is 427 g/mol. The molecule has 2 aromatic heterocycles. The summed E-state index contributed by atoms with van der Waals surface area (Å²) >= 11 is 0. The number of aromatic nitrogens is 3. The van der Waals surface area contributed by atoms with Crippen LogP contribution < -0.4 is 9.57 Å². The number of halogens is 2. The second kappa shape index (κ2) is 8.09. The van der Waals surface area contributed by atoms with Gasteiger partial charge in [-0.3, -0.25) is 9.78 Å². The summed E-state index contributed by atoms with van der Waals surface area (Å²) in [5, 5.41) is 3.79. The number of pyridine rings is 1. The molecule has 0 aliphatic carbocycles. The van der Waals surface area contributed by atoms with Gasteiger partial charge in [0.2, 0.25) is 9.84 Å². The van der Waals surface area contributed by atoms with E-state index in [1.807, 2.05) is 0 Å². The number of methoxy groups -OCH3 is 1. The van der Waals surface area contributed by atoms with Gasteiger partial charge in [-0.15, -0.1) is 0 Å². The number of carbonyl (C=O) groups is 1. The average Bonchev–Trinajstić information content (AvgIpc) is 2.98. The Morgan fingerprint density at radius 2 is 2.03 bits per heavy atom. The van der Waals surface area contributed by atoms with E-state index in [9.17, 15) is 22.0 Å². The zero-order valence-electron chi connectivity index (χ0n) is 15.2. The highest BCUT2D eigenvalue weighted by Gasteiger charge is 2.23. The molecule has 154 valence electrons. The smallest absolute Gasteiger partial charge is 0.388 e. The molecule has 0 fully saturated rings. The van der Waals surface area contributed by atoms with Crippen molar-refractivity contribution < 1.29 is 36.3 Å². The van der Waals surface area contributed by atoms with Crippen LogP contribution in [0.2, 0.25) is 0 Å². The molecule has 1 aromatic carbocycles. The van der Waals surface area contributed by atoms with Gasteiger partial charge in [0.1, 0.15) is 5.52 Å². The summed E-state index contributed by atoms with van der Waals surface area (Å²) in [5.41, 5.74) is 1.18. The van der Waals surface area contributed by atoms with E-state index in [-0.39, 0.29) is 28.0 Å². The Labute approximate surface area is 163 Å². The number of alkyl halides is 2. The first kappa shape index (κ1) is 20.6. The maximum Gasteiger partial charge on any atom is 0.388 e. The molecule has 0 N–H and O–H groups in total. The number of fused-ring (bicyclic) bond motifs is 1. The van der Waals surface area contributed by atoms with Crippen molar-refractivity contribution in [2.75, 3.05) is 13.0 Å². The monoisotopic (exact) mass is 427 g/mol. The SMILES string of the molecule is COCS(=O)(=O)c1ccc(-c2nccc3c2c(OC(F)F)nn3OC=O)cc1C. The number of benzene rings is 1. The number of rotatable bonds is 8. The summed E-state index contributed by atoms with van der Waals surface area (Å²) in [6.45, 7) is -1.51. The lowest BCUT2D eigenvalue weighted by Crippen LogP contribution is -2.11. The van der Waals surface area contributed by atoms with Gasteiger partial charge >= 0.3 is 13.1 Å². The van der Waals surface area contributed by atoms with Crippen LogP contribution in [0.3, 0.4) is 0 Å². The van der Waals surface area contributed by atoms with Crippen molar-refractivity contribution in [1.29, 1.82) is 0 Å². The molecule has 0 spiro atoms. The molecule has 0 atom stereocenters. The molecule has 0 bridgehead atoms. The van der Waals surface area contributed by atoms with Crippen molar-refractivity contribution in [3.63, 3.8) is 0 Å². The number of nitrogens with zero attached hydrogens (tertiary/aromatic N) is 3. The Morgan fingerprint density at radius 1 is 1.28 bits per heavy atom. The zero-order valence-corrected chi connectivity index (χ0v) is 16.0. The van der Waals surface area contributed by atoms with Crippen molar-refractivity contribution >= 4 is 27.2 Å². The van der Waals surface area contributed by atoms with Crippen LogP contribution >= 0.6 is 0 Å². The van der Waals surface area contributed by atoms with Crippen LogP contribution in [0.25, 0.3) is 22.2 Å². The van der Waals surface area contributed by atoms with Crippen LogP contribution in [0, 0.1) is 6.92 Å². The van der Waals surface area contributed by atoms with Gasteiger partial charge in [-0.05, 0) is 30.7 Å². The highest BCUT2D eigenvalue weighted by Crippen LogP contribution is 2.35. The van der Waals surface area contributed by atoms with Crippen molar-refractivity contribution in [3.8, 4) is 17.1 Å². The highest BCUT2D eigenvalue weighted by atomic mass is 32.2. The minimum absolute atomic E-state index is 0.0688. The van der Waals surface area contributed by atoms with Gasteiger partial charge in [-0.1, -0.05) is 16.0 Å². The molecular weight excluding hydrogens is 412 g/mol. The van der Waals surface area contributed by atoms with Gasteiger partial charge in [0.15, 0.2) is 5.94 Å². The fourth-order valence-corrected chi connectivity index (χ4v) is 4.14. The standard InChI is InChI=1S/C17H15F2N3O6S/c1-10-7-11(3-4-13(10)29(24,25)9-26-2)15-14-12(5-6-20-15)22(27-8-23)21-16(14)28-17(18)19/h3-8,17H,9H2,1-2H3. The number of hydrogen-bond donors (Lipinski definition) is 0. The van der Waals surface area contributed by atoms with Gasteiger partial charge in [0.05, 0.1) is 16.0 Å². The van der Waals surface area contributed by atoms with E-state index in [0.29, 0.717) is 11.1 Å². The molecule has 0 aliphatic heterocycles. The van der Waals surface area contributed by atoms with E-state index < -0.39 is 28.3 Å². The molecule has 0 unspecified atom stereocenters. The van der Waals surface area contributed by atoms with E-state index in [1.165, 1.54) is 37.6 Å². The first-order chi connectivity index (χ1) is 13.8. The molecule has 2 heterocycles. The van der Waals surface area contributed by atoms with E-state index in [2.05, 4.69) is 19.7 Å². The van der Waals surface area contributed by atoms with Crippen LogP contribution in [0.1, 0.15) is 5.56 Å². The van der Waals surface area contributed by atoms with Crippen LogP contribution in [0.15, 0.2) is 35.4 Å². The quantitative estimate of drug-likeness (QED) is 0.502. The molecular formula is C17H15F2N3O6S. The van der Waals surface area contributed by atoms with E-state index >= 15 is 0 Å². The molecule has 0 aliphatic rings. The molecule has 0 saturated carbocycles. The second-order valence-electron chi connectivity index (χ2n) is 5.81. The largest absolute Gasteiger partial charge is 0.414 e. The molecule has 12 heteroatoms. The van der Waals surface area contributed by atoms with Crippen LogP contribution in [-0.4, -0.2) is 49.5 Å². The van der Waals surface area contributed by atoms with Crippen molar-refractivity contribution in [2.24, 2.45) is 0 Å². The summed E-state index contributed by atoms with van der Waals surface area (Å²) in [5.74, 6) is -0.975. The third-order valence-electron chi connectivity index (χ3n) is 3.93. The summed E-state index contributed by atoms with van der Waals surface area (Å²) in [4.78, 5) is 20.3. The molecule has 9 nitrogen and oxygen atoms in total. The van der Waals surface area contributed by atoms with Crippen molar-refractivity contribution in [3.05, 3.63) is 36.0 Å². The molecule has 3 rings (SSSR count). The lowest BCUT2D eigenvalue weighted by atomic mass is 10.1. The first-order valence-electron chi connectivity index (χ1n) is 8.04. The zero-order chi connectivity index (χ0) is 21.2. The Bertz CT molecular complexity index is 1160. The van der Waals surface area contributed by atoms with Crippen molar-refractivity contribution in [1.82, 2.24) is 14.9 Å². The van der Waals surface area contributed by atoms with E-state index in [4.69, 9.17) is 4.74 Å². The summed E-state index contributed by atoms with van der Waals surface area (Å²) in [6.07, 6.45) is 1.36. The predicted molar refractivity (Wildman–Crippen MR) is 96.0 cm³/mol. The number of hydrogen-bond acceptors (Lipinski definition) is 8. The molecule has 0 radical (unpaired) electrons. The van der Waals surface area contributed by atoms with Crippen molar-refractivity contribution in [2.45, 2.75) is 18.4 Å². The van der Waals surface area contributed by atoms with Crippen LogP contribution in [0.4, 0.5) is 8.78 Å². The third-order valence-corrected chi connectivity index (χ3v) is 5.60. The lowest BCUT2D eigenvalue weighted by molar-refractivity contribution is -0.130. The number of aryl methyl sites for hydroxylation is 1. The maximum atomic E-state index is 12.8. The van der Waals surface area contributed by atoms with Gasteiger partial charge in [0.25, 0.3) is 5.88 Å². The molecule has 0 saturated heterocycles. The number of sulfone groups is 1. The maximum absolute atomic E-state index is 12.8. The minimum Gasteiger partial charge on any atom is -0.414 e. The van der Waals surface area contributed by atoms with Gasteiger partial charge in [-0.25, -0.2) is 8.42 Å². The fraction of sp³-hybridized carbons (Fsp3) is 0.235. The minimum atomic E-state index is -3.65. The van der Waals surface area contributed by atoms with Crippen LogP contribution in [-0.2, 0) is 19.4 Å². The van der Waals surface area contributed by atoms with Crippen LogP contribution in [0.5, 0.6) is 5.88 Å². The number of carbonyl (C=O) groups excluding carboxylic acids is 1. The fourth-order valence-electron chi connectivity index (χ4n) is 2.88. The van der Waals surface area contributed by atoms with E-state index in [0.717, 1.165) is 4.85 Å². The normalized spacial score (nSPS) is 11.8. The summed E-state index contributed by atoms with van der Waals surface area (Å²) < 4.78 is 59.3. The Morgan fingerprint density at radius 3 is 2.66 bits per heavy atom. The summed E-state index contributed by atoms with van der Waals surface area (Å²) in [6, 6.07) is 5.78. The molecule has 3 aromatic rings. The molecule has 29 heavy (non-hydrogen) atoms. The summed E-state index contributed by atoms with van der Waals surface area (Å²) in [7, 11) is -2.38. The van der Waals surface area contributed by atoms with Gasteiger partial charge in [0, 0.05) is 18.9 Å². The Kier molecular flexibility index (Phi) is 5.75. The highest BCUT2D eigenvalue weighted by molar-refractivity contribution is 7.91. The third kappa shape index (κ3) is 4.03. The van der Waals surface area contributed by atoms with Gasteiger partial charge in [-0.2, -0.15) is 8.78 Å². The Hall–Kier alpha value is -3.12. The van der Waals surface area contributed by atoms with E-state index in [1.54, 1.807) is 6.92 Å². The number of ether oxygens (including phenoxy) is 2. The predicted octanol–water partition coefficient (Wildman–Crippen LogP) is 1.97. The second-order valence-corrected chi connectivity index (χ2v) is 7.72. The first-order valence-corrected chi connectivity index (χ1v) is 9.69. The molecule has 0 amide bonds. The topological polar surface area (TPSA) is 110 Å².